The molecule has 0 spiro atoms. The van der Waals surface area contributed by atoms with Crippen molar-refractivity contribution in [3.63, 3.8) is 0 Å². The topological polar surface area (TPSA) is 70.0 Å². The predicted molar refractivity (Wildman–Crippen MR) is 66.1 cm³/mol. The highest BCUT2D eigenvalue weighted by Gasteiger charge is 2.09. The zero-order valence-electron chi connectivity index (χ0n) is 9.77. The molecule has 0 aliphatic rings. The lowest BCUT2D eigenvalue weighted by Gasteiger charge is -2.10. The molecule has 0 bridgehead atoms. The van der Waals surface area contributed by atoms with E-state index in [9.17, 15) is 9.59 Å². The Bertz CT molecular complexity index is 464. The Labute approximate surface area is 100 Å². The molecular weight excluding hydrogens is 230 g/mol. The van der Waals surface area contributed by atoms with Gasteiger partial charge in [-0.15, -0.1) is 12.4 Å². The molecule has 1 atom stereocenters. The maximum absolute atomic E-state index is 11.7. The van der Waals surface area contributed by atoms with Crippen molar-refractivity contribution >= 4 is 12.4 Å². The second-order valence-electron chi connectivity index (χ2n) is 3.78. The molecule has 6 heteroatoms. The van der Waals surface area contributed by atoms with Gasteiger partial charge in [0.15, 0.2) is 0 Å². The summed E-state index contributed by atoms with van der Waals surface area (Å²) in [5.41, 5.74) is 5.81. The zero-order chi connectivity index (χ0) is 11.6. The number of nitrogens with two attached hydrogens (primary N) is 1. The van der Waals surface area contributed by atoms with Crippen LogP contribution in [0.3, 0.4) is 0 Å². The molecule has 2 N–H and O–H groups in total. The first-order valence-electron chi connectivity index (χ1n) is 4.98. The molecule has 0 aliphatic heterocycles. The SMILES string of the molecule is CCC(N)Cc1cn(C)c(=O)n(C)c1=O.Cl. The van der Waals surface area contributed by atoms with E-state index in [1.54, 1.807) is 13.2 Å². The van der Waals surface area contributed by atoms with E-state index in [-0.39, 0.29) is 29.7 Å². The van der Waals surface area contributed by atoms with Crippen molar-refractivity contribution in [2.45, 2.75) is 25.8 Å². The predicted octanol–water partition coefficient (Wildman–Crippen LogP) is -0.214. The van der Waals surface area contributed by atoms with Gasteiger partial charge in [0.1, 0.15) is 0 Å². The first-order valence-corrected chi connectivity index (χ1v) is 4.98. The van der Waals surface area contributed by atoms with Gasteiger partial charge in [-0.3, -0.25) is 9.36 Å². The summed E-state index contributed by atoms with van der Waals surface area (Å²) in [6, 6.07) is -0.0322. The van der Waals surface area contributed by atoms with Crippen LogP contribution >= 0.6 is 12.4 Å². The highest BCUT2D eigenvalue weighted by molar-refractivity contribution is 5.85. The zero-order valence-corrected chi connectivity index (χ0v) is 10.6. The van der Waals surface area contributed by atoms with E-state index in [2.05, 4.69) is 0 Å². The first-order chi connectivity index (χ1) is 6.97. The lowest BCUT2D eigenvalue weighted by atomic mass is 10.1. The molecule has 1 rings (SSSR count). The number of aryl methyl sites for hydroxylation is 1. The Morgan fingerprint density at radius 2 is 1.94 bits per heavy atom. The quantitative estimate of drug-likeness (QED) is 0.803. The molecule has 0 amide bonds. The summed E-state index contributed by atoms with van der Waals surface area (Å²) in [4.78, 5) is 23.1. The first kappa shape index (κ1) is 14.9. The fraction of sp³-hybridized carbons (Fsp3) is 0.600. The fourth-order valence-corrected chi connectivity index (χ4v) is 1.45. The van der Waals surface area contributed by atoms with Crippen LogP contribution in [-0.4, -0.2) is 15.2 Å². The lowest BCUT2D eigenvalue weighted by Crippen LogP contribution is -2.39. The van der Waals surface area contributed by atoms with Gasteiger partial charge in [-0.2, -0.15) is 0 Å². The second kappa shape index (κ2) is 5.86. The van der Waals surface area contributed by atoms with E-state index < -0.39 is 0 Å². The van der Waals surface area contributed by atoms with Crippen molar-refractivity contribution in [1.29, 1.82) is 0 Å². The molecule has 16 heavy (non-hydrogen) atoms. The van der Waals surface area contributed by atoms with E-state index >= 15 is 0 Å². The minimum Gasteiger partial charge on any atom is -0.327 e. The van der Waals surface area contributed by atoms with Crippen molar-refractivity contribution in [2.24, 2.45) is 19.8 Å². The van der Waals surface area contributed by atoms with Gasteiger partial charge >= 0.3 is 5.69 Å². The van der Waals surface area contributed by atoms with Crippen molar-refractivity contribution < 1.29 is 0 Å². The largest absolute Gasteiger partial charge is 0.330 e. The standard InChI is InChI=1S/C10H17N3O2.ClH/c1-4-8(11)5-7-6-12(2)10(15)13(3)9(7)14;/h6,8H,4-5,11H2,1-3H3;1H. The highest BCUT2D eigenvalue weighted by Crippen LogP contribution is 1.96. The smallest absolute Gasteiger partial charge is 0.327 e. The number of aromatic nitrogens is 2. The van der Waals surface area contributed by atoms with Gasteiger partial charge in [0, 0.05) is 31.9 Å². The summed E-state index contributed by atoms with van der Waals surface area (Å²) < 4.78 is 2.51. The molecule has 1 aromatic rings. The van der Waals surface area contributed by atoms with Crippen LogP contribution in [0.4, 0.5) is 0 Å². The minimum atomic E-state index is -0.311. The Morgan fingerprint density at radius 3 is 2.44 bits per heavy atom. The number of hydrogen-bond donors (Lipinski definition) is 1. The fourth-order valence-electron chi connectivity index (χ4n) is 1.45. The number of hydrogen-bond acceptors (Lipinski definition) is 3. The molecule has 1 unspecified atom stereocenters. The molecule has 0 saturated carbocycles. The third-order valence-corrected chi connectivity index (χ3v) is 2.52. The van der Waals surface area contributed by atoms with E-state index in [0.29, 0.717) is 12.0 Å². The van der Waals surface area contributed by atoms with Crippen LogP contribution in [0, 0.1) is 0 Å². The average Bonchev–Trinajstić information content (AvgIpc) is 2.22. The normalized spacial score (nSPS) is 12.0. The van der Waals surface area contributed by atoms with Gasteiger partial charge < -0.3 is 10.3 Å². The molecule has 1 aromatic heterocycles. The van der Waals surface area contributed by atoms with Gasteiger partial charge in [-0.25, -0.2) is 4.79 Å². The van der Waals surface area contributed by atoms with Crippen LogP contribution in [0.25, 0.3) is 0 Å². The summed E-state index contributed by atoms with van der Waals surface area (Å²) in [6.45, 7) is 1.97. The molecule has 92 valence electrons. The van der Waals surface area contributed by atoms with Gasteiger partial charge in [-0.05, 0) is 12.8 Å². The maximum Gasteiger partial charge on any atom is 0.330 e. The van der Waals surface area contributed by atoms with Crippen LogP contribution in [0.5, 0.6) is 0 Å². The molecule has 0 radical (unpaired) electrons. The van der Waals surface area contributed by atoms with Gasteiger partial charge in [0.05, 0.1) is 0 Å². The summed E-state index contributed by atoms with van der Waals surface area (Å²) in [5.74, 6) is 0. The van der Waals surface area contributed by atoms with Crippen molar-refractivity contribution in [2.75, 3.05) is 0 Å². The Morgan fingerprint density at radius 1 is 1.38 bits per heavy atom. The highest BCUT2D eigenvalue weighted by atomic mass is 35.5. The second-order valence-corrected chi connectivity index (χ2v) is 3.78. The third-order valence-electron chi connectivity index (χ3n) is 2.52. The number of halogens is 1. The maximum atomic E-state index is 11.7. The summed E-state index contributed by atoms with van der Waals surface area (Å²) in [5, 5.41) is 0. The molecule has 0 saturated heterocycles. The molecule has 0 fully saturated rings. The Hall–Kier alpha value is -1.07. The molecule has 1 heterocycles. The van der Waals surface area contributed by atoms with E-state index in [1.165, 1.54) is 11.6 Å². The molecular formula is C10H18ClN3O2. The van der Waals surface area contributed by atoms with Gasteiger partial charge in [-0.1, -0.05) is 6.92 Å². The monoisotopic (exact) mass is 247 g/mol. The van der Waals surface area contributed by atoms with E-state index in [0.717, 1.165) is 11.0 Å². The van der Waals surface area contributed by atoms with Gasteiger partial charge in [0.25, 0.3) is 5.56 Å². The summed E-state index contributed by atoms with van der Waals surface area (Å²) >= 11 is 0. The van der Waals surface area contributed by atoms with E-state index in [1.807, 2.05) is 6.92 Å². The Kier molecular flexibility index (Phi) is 5.47. The van der Waals surface area contributed by atoms with Crippen LogP contribution in [-0.2, 0) is 20.5 Å². The minimum absolute atomic E-state index is 0. The average molecular weight is 248 g/mol. The number of nitrogens with zero attached hydrogens (tertiary/aromatic N) is 2. The van der Waals surface area contributed by atoms with Crippen LogP contribution in [0.2, 0.25) is 0 Å². The van der Waals surface area contributed by atoms with Crippen LogP contribution in [0.1, 0.15) is 18.9 Å². The van der Waals surface area contributed by atoms with E-state index in [4.69, 9.17) is 5.73 Å². The van der Waals surface area contributed by atoms with Crippen molar-refractivity contribution in [1.82, 2.24) is 9.13 Å². The Balaban J connectivity index is 0.00000225. The van der Waals surface area contributed by atoms with Crippen molar-refractivity contribution in [3.8, 4) is 0 Å². The number of rotatable bonds is 3. The molecule has 5 nitrogen and oxygen atoms in total. The molecule has 0 aliphatic carbocycles. The van der Waals surface area contributed by atoms with Gasteiger partial charge in [0.2, 0.25) is 0 Å². The third kappa shape index (κ3) is 2.96. The van der Waals surface area contributed by atoms with Crippen LogP contribution < -0.4 is 17.0 Å². The summed E-state index contributed by atoms with van der Waals surface area (Å²) in [7, 11) is 3.11. The molecule has 0 aromatic carbocycles. The van der Waals surface area contributed by atoms with Crippen molar-refractivity contribution in [3.05, 3.63) is 32.6 Å². The summed E-state index contributed by atoms with van der Waals surface area (Å²) in [6.07, 6.45) is 2.89. The van der Waals surface area contributed by atoms with Crippen LogP contribution in [0.15, 0.2) is 15.8 Å². The lowest BCUT2D eigenvalue weighted by molar-refractivity contribution is 0.611.